The Labute approximate surface area is 123 Å². The van der Waals surface area contributed by atoms with E-state index in [1.165, 1.54) is 6.07 Å². The third kappa shape index (κ3) is 3.39. The van der Waals surface area contributed by atoms with E-state index in [0.29, 0.717) is 12.2 Å². The predicted octanol–water partition coefficient (Wildman–Crippen LogP) is 2.21. The molecular weight excluding hydrogens is 278 g/mol. The van der Waals surface area contributed by atoms with Gasteiger partial charge in [-0.2, -0.15) is 0 Å². The SMILES string of the molecule is CCCC(COC)N1C(=O)CNC1c1ccc(F)c(F)c1. The van der Waals surface area contributed by atoms with Crippen molar-refractivity contribution in [2.75, 3.05) is 20.3 Å². The lowest BCUT2D eigenvalue weighted by Crippen LogP contribution is -2.42. The van der Waals surface area contributed by atoms with Crippen LogP contribution in [0.4, 0.5) is 8.78 Å². The highest BCUT2D eigenvalue weighted by molar-refractivity contribution is 5.81. The highest BCUT2D eigenvalue weighted by Crippen LogP contribution is 2.27. The zero-order valence-corrected chi connectivity index (χ0v) is 12.2. The monoisotopic (exact) mass is 298 g/mol. The maximum atomic E-state index is 13.4. The van der Waals surface area contributed by atoms with E-state index < -0.39 is 17.8 Å². The lowest BCUT2D eigenvalue weighted by Gasteiger charge is -2.32. The molecule has 1 amide bonds. The molecule has 2 atom stereocenters. The zero-order valence-electron chi connectivity index (χ0n) is 12.2. The van der Waals surface area contributed by atoms with Gasteiger partial charge in [0.2, 0.25) is 5.91 Å². The van der Waals surface area contributed by atoms with Crippen LogP contribution in [0.3, 0.4) is 0 Å². The molecule has 1 N–H and O–H groups in total. The summed E-state index contributed by atoms with van der Waals surface area (Å²) in [5.41, 5.74) is 0.539. The number of halogens is 2. The van der Waals surface area contributed by atoms with Crippen molar-refractivity contribution in [3.63, 3.8) is 0 Å². The summed E-state index contributed by atoms with van der Waals surface area (Å²) in [5, 5.41) is 3.05. The van der Waals surface area contributed by atoms with Crippen LogP contribution in [-0.4, -0.2) is 37.1 Å². The van der Waals surface area contributed by atoms with Crippen LogP contribution in [0.1, 0.15) is 31.5 Å². The Hall–Kier alpha value is -1.53. The number of ether oxygens (including phenoxy) is 1. The van der Waals surface area contributed by atoms with Crippen LogP contribution in [0.5, 0.6) is 0 Å². The largest absolute Gasteiger partial charge is 0.383 e. The minimum absolute atomic E-state index is 0.0553. The molecule has 0 radical (unpaired) electrons. The van der Waals surface area contributed by atoms with Crippen molar-refractivity contribution in [2.24, 2.45) is 0 Å². The van der Waals surface area contributed by atoms with Gasteiger partial charge in [-0.25, -0.2) is 8.78 Å². The molecule has 4 nitrogen and oxygen atoms in total. The molecular formula is C15H20F2N2O2. The summed E-state index contributed by atoms with van der Waals surface area (Å²) in [5.74, 6) is -1.86. The first-order valence-electron chi connectivity index (χ1n) is 7.07. The predicted molar refractivity (Wildman–Crippen MR) is 74.5 cm³/mol. The number of benzene rings is 1. The quantitative estimate of drug-likeness (QED) is 0.875. The van der Waals surface area contributed by atoms with Crippen molar-refractivity contribution in [1.29, 1.82) is 0 Å². The smallest absolute Gasteiger partial charge is 0.238 e. The van der Waals surface area contributed by atoms with Gasteiger partial charge in [0.15, 0.2) is 11.6 Å². The fraction of sp³-hybridized carbons (Fsp3) is 0.533. The third-order valence-electron chi connectivity index (χ3n) is 3.65. The van der Waals surface area contributed by atoms with Crippen LogP contribution in [-0.2, 0) is 9.53 Å². The average molecular weight is 298 g/mol. The lowest BCUT2D eigenvalue weighted by atomic mass is 10.1. The molecule has 2 unspecified atom stereocenters. The van der Waals surface area contributed by atoms with Gasteiger partial charge in [0.1, 0.15) is 6.17 Å². The molecule has 0 aliphatic carbocycles. The summed E-state index contributed by atoms with van der Waals surface area (Å²) < 4.78 is 31.7. The number of methoxy groups -OCH3 is 1. The average Bonchev–Trinajstić information content (AvgIpc) is 2.83. The van der Waals surface area contributed by atoms with Gasteiger partial charge in [-0.1, -0.05) is 19.4 Å². The van der Waals surface area contributed by atoms with Crippen molar-refractivity contribution in [2.45, 2.75) is 32.0 Å². The number of nitrogens with one attached hydrogen (secondary N) is 1. The third-order valence-corrected chi connectivity index (χ3v) is 3.65. The van der Waals surface area contributed by atoms with E-state index in [9.17, 15) is 13.6 Å². The summed E-state index contributed by atoms with van der Waals surface area (Å²) in [4.78, 5) is 13.8. The maximum absolute atomic E-state index is 13.4. The number of nitrogens with zero attached hydrogens (tertiary/aromatic N) is 1. The van der Waals surface area contributed by atoms with Crippen molar-refractivity contribution in [3.05, 3.63) is 35.4 Å². The van der Waals surface area contributed by atoms with Gasteiger partial charge < -0.3 is 9.64 Å². The number of amides is 1. The Morgan fingerprint density at radius 3 is 2.81 bits per heavy atom. The van der Waals surface area contributed by atoms with Gasteiger partial charge in [0.25, 0.3) is 0 Å². The van der Waals surface area contributed by atoms with Crippen LogP contribution in [0.25, 0.3) is 0 Å². The molecule has 1 aliphatic rings. The summed E-state index contributed by atoms with van der Waals surface area (Å²) in [6, 6.07) is 3.63. The van der Waals surface area contributed by atoms with Crippen molar-refractivity contribution < 1.29 is 18.3 Å². The number of carbonyl (C=O) groups excluding carboxylic acids is 1. The van der Waals surface area contributed by atoms with Gasteiger partial charge in [-0.05, 0) is 24.1 Å². The molecule has 0 saturated carbocycles. The van der Waals surface area contributed by atoms with Crippen LogP contribution in [0.15, 0.2) is 18.2 Å². The fourth-order valence-corrected chi connectivity index (χ4v) is 2.72. The second-order valence-electron chi connectivity index (χ2n) is 5.16. The standard InChI is InChI=1S/C15H20F2N2O2/c1-3-4-11(9-21-2)19-14(20)8-18-15(19)10-5-6-12(16)13(17)7-10/h5-7,11,15,18H,3-4,8-9H2,1-2H3. The molecule has 0 aromatic heterocycles. The Morgan fingerprint density at radius 1 is 1.43 bits per heavy atom. The van der Waals surface area contributed by atoms with E-state index >= 15 is 0 Å². The van der Waals surface area contributed by atoms with Crippen molar-refractivity contribution >= 4 is 5.91 Å². The van der Waals surface area contributed by atoms with Crippen LogP contribution < -0.4 is 5.32 Å². The van der Waals surface area contributed by atoms with Gasteiger partial charge in [-0.3, -0.25) is 10.1 Å². The topological polar surface area (TPSA) is 41.6 Å². The normalized spacial score (nSPS) is 20.1. The first-order valence-corrected chi connectivity index (χ1v) is 7.07. The van der Waals surface area contributed by atoms with Gasteiger partial charge >= 0.3 is 0 Å². The van der Waals surface area contributed by atoms with Crippen molar-refractivity contribution in [3.8, 4) is 0 Å². The summed E-state index contributed by atoms with van der Waals surface area (Å²) in [6.45, 7) is 2.64. The summed E-state index contributed by atoms with van der Waals surface area (Å²) in [7, 11) is 1.59. The number of rotatable bonds is 6. The second-order valence-corrected chi connectivity index (χ2v) is 5.16. The molecule has 1 heterocycles. The van der Waals surface area contributed by atoms with Crippen molar-refractivity contribution in [1.82, 2.24) is 10.2 Å². The number of hydrogen-bond donors (Lipinski definition) is 1. The molecule has 0 spiro atoms. The Bertz CT molecular complexity index is 504. The van der Waals surface area contributed by atoms with E-state index in [0.717, 1.165) is 25.0 Å². The Morgan fingerprint density at radius 2 is 2.19 bits per heavy atom. The number of hydrogen-bond acceptors (Lipinski definition) is 3. The molecule has 1 saturated heterocycles. The second kappa shape index (κ2) is 6.95. The summed E-state index contributed by atoms with van der Waals surface area (Å²) in [6.07, 6.45) is 1.25. The van der Waals surface area contributed by atoms with Gasteiger partial charge in [-0.15, -0.1) is 0 Å². The molecule has 1 fully saturated rings. The number of carbonyl (C=O) groups is 1. The molecule has 0 bridgehead atoms. The van der Waals surface area contributed by atoms with E-state index in [1.54, 1.807) is 12.0 Å². The van der Waals surface area contributed by atoms with Crippen LogP contribution >= 0.6 is 0 Å². The van der Waals surface area contributed by atoms with Gasteiger partial charge in [0.05, 0.1) is 19.2 Å². The maximum Gasteiger partial charge on any atom is 0.238 e. The minimum Gasteiger partial charge on any atom is -0.383 e. The van der Waals surface area contributed by atoms with E-state index in [2.05, 4.69) is 5.32 Å². The zero-order chi connectivity index (χ0) is 15.4. The highest BCUT2D eigenvalue weighted by Gasteiger charge is 2.36. The van der Waals surface area contributed by atoms with Crippen LogP contribution in [0.2, 0.25) is 0 Å². The lowest BCUT2D eigenvalue weighted by molar-refractivity contribution is -0.131. The molecule has 1 aromatic rings. The summed E-state index contributed by atoms with van der Waals surface area (Å²) >= 11 is 0. The molecule has 2 rings (SSSR count). The molecule has 1 aliphatic heterocycles. The minimum atomic E-state index is -0.910. The molecule has 6 heteroatoms. The molecule has 116 valence electrons. The Kier molecular flexibility index (Phi) is 5.25. The molecule has 1 aromatic carbocycles. The Balaban J connectivity index is 2.28. The molecule has 21 heavy (non-hydrogen) atoms. The first kappa shape index (κ1) is 15.9. The van der Waals surface area contributed by atoms with Gasteiger partial charge in [0, 0.05) is 7.11 Å². The fourth-order valence-electron chi connectivity index (χ4n) is 2.72. The van der Waals surface area contributed by atoms with E-state index in [-0.39, 0.29) is 18.5 Å². The first-order chi connectivity index (χ1) is 10.1. The highest BCUT2D eigenvalue weighted by atomic mass is 19.2. The van der Waals surface area contributed by atoms with E-state index in [1.807, 2.05) is 6.92 Å². The van der Waals surface area contributed by atoms with Crippen LogP contribution in [0, 0.1) is 11.6 Å². The van der Waals surface area contributed by atoms with E-state index in [4.69, 9.17) is 4.74 Å².